The minimum absolute atomic E-state index is 0.0163. The van der Waals surface area contributed by atoms with Gasteiger partial charge < -0.3 is 4.57 Å². The van der Waals surface area contributed by atoms with Gasteiger partial charge in [0.15, 0.2) is 5.78 Å². The number of benzene rings is 1. The lowest BCUT2D eigenvalue weighted by molar-refractivity contribution is -0.384. The van der Waals surface area contributed by atoms with Gasteiger partial charge in [0.2, 0.25) is 0 Å². The van der Waals surface area contributed by atoms with Crippen molar-refractivity contribution in [3.05, 3.63) is 94.6 Å². The van der Waals surface area contributed by atoms with Gasteiger partial charge in [0, 0.05) is 42.0 Å². The largest absolute Gasteiger partial charge is 0.317 e. The number of carbonyl (C=O) groups is 1. The zero-order valence-corrected chi connectivity index (χ0v) is 12.6. The van der Waals surface area contributed by atoms with Gasteiger partial charge in [-0.05, 0) is 42.5 Å². The summed E-state index contributed by atoms with van der Waals surface area (Å²) in [5.41, 5.74) is 1.92. The molecular formula is C18H13N3O3. The molecule has 3 aromatic rings. The molecule has 0 radical (unpaired) electrons. The van der Waals surface area contributed by atoms with Crippen molar-refractivity contribution < 1.29 is 9.72 Å². The number of nitro groups is 1. The number of hydrogen-bond acceptors (Lipinski definition) is 4. The topological polar surface area (TPSA) is 78.0 Å². The predicted molar refractivity (Wildman–Crippen MR) is 90.0 cm³/mol. The van der Waals surface area contributed by atoms with Crippen molar-refractivity contribution in [2.24, 2.45) is 0 Å². The molecule has 0 aliphatic carbocycles. The minimum Gasteiger partial charge on any atom is -0.317 e. The number of nitrogens with zero attached hydrogens (tertiary/aromatic N) is 3. The average molecular weight is 319 g/mol. The molecule has 1 aromatic carbocycles. The van der Waals surface area contributed by atoms with Crippen molar-refractivity contribution in [1.82, 2.24) is 9.55 Å². The van der Waals surface area contributed by atoms with Crippen molar-refractivity contribution in [2.75, 3.05) is 0 Å². The van der Waals surface area contributed by atoms with E-state index in [9.17, 15) is 14.9 Å². The zero-order valence-electron chi connectivity index (χ0n) is 12.6. The maximum Gasteiger partial charge on any atom is 0.271 e. The Morgan fingerprint density at radius 1 is 1.17 bits per heavy atom. The Balaban J connectivity index is 1.88. The summed E-state index contributed by atoms with van der Waals surface area (Å²) in [5, 5.41) is 10.9. The molecule has 0 unspecified atom stereocenters. The molecule has 0 aliphatic rings. The fourth-order valence-electron chi connectivity index (χ4n) is 2.29. The second-order valence-corrected chi connectivity index (χ2v) is 5.02. The Bertz CT molecular complexity index is 914. The van der Waals surface area contributed by atoms with Crippen LogP contribution in [0.15, 0.2) is 73.2 Å². The maximum absolute atomic E-state index is 12.1. The maximum atomic E-state index is 12.1. The first-order valence-corrected chi connectivity index (χ1v) is 7.20. The molecule has 0 bridgehead atoms. The number of nitro benzene ring substituents is 1. The molecule has 0 aliphatic heterocycles. The zero-order chi connectivity index (χ0) is 16.9. The van der Waals surface area contributed by atoms with Gasteiger partial charge in [-0.2, -0.15) is 0 Å². The normalized spacial score (nSPS) is 10.8. The van der Waals surface area contributed by atoms with Crippen LogP contribution in [-0.2, 0) is 0 Å². The van der Waals surface area contributed by atoms with Gasteiger partial charge in [-0.25, -0.2) is 0 Å². The Kier molecular flexibility index (Phi) is 4.29. The van der Waals surface area contributed by atoms with Crippen molar-refractivity contribution >= 4 is 17.5 Å². The lowest BCUT2D eigenvalue weighted by atomic mass is 10.2. The van der Waals surface area contributed by atoms with Gasteiger partial charge in [0.25, 0.3) is 5.69 Å². The summed E-state index contributed by atoms with van der Waals surface area (Å²) in [6.45, 7) is 0. The molecule has 2 aromatic heterocycles. The highest BCUT2D eigenvalue weighted by molar-refractivity contribution is 6.06. The van der Waals surface area contributed by atoms with E-state index in [0.717, 1.165) is 5.69 Å². The van der Waals surface area contributed by atoms with Gasteiger partial charge in [0.05, 0.1) is 10.6 Å². The number of hydrogen-bond donors (Lipinski definition) is 0. The first kappa shape index (κ1) is 15.4. The van der Waals surface area contributed by atoms with E-state index in [1.54, 1.807) is 47.3 Å². The summed E-state index contributed by atoms with van der Waals surface area (Å²) < 4.78 is 1.78. The quantitative estimate of drug-likeness (QED) is 0.311. The summed E-state index contributed by atoms with van der Waals surface area (Å²) in [6, 6.07) is 13.4. The van der Waals surface area contributed by atoms with Crippen LogP contribution in [0.1, 0.15) is 16.1 Å². The molecule has 6 heteroatoms. The van der Waals surface area contributed by atoms with Crippen molar-refractivity contribution in [3.63, 3.8) is 0 Å². The Hall–Kier alpha value is -3.54. The van der Waals surface area contributed by atoms with Gasteiger partial charge in [-0.15, -0.1) is 0 Å². The number of non-ortho nitro benzene ring substituents is 1. The molecule has 0 saturated carbocycles. The second kappa shape index (κ2) is 6.70. The van der Waals surface area contributed by atoms with E-state index in [4.69, 9.17) is 0 Å². The van der Waals surface area contributed by atoms with Gasteiger partial charge in [0.1, 0.15) is 0 Å². The lowest BCUT2D eigenvalue weighted by Crippen LogP contribution is -1.98. The van der Waals surface area contributed by atoms with Crippen LogP contribution in [0.5, 0.6) is 0 Å². The number of pyridine rings is 1. The van der Waals surface area contributed by atoms with E-state index in [1.807, 2.05) is 12.1 Å². The van der Waals surface area contributed by atoms with Crippen LogP contribution in [0, 0.1) is 10.1 Å². The number of allylic oxidation sites excluding steroid dienone is 1. The van der Waals surface area contributed by atoms with Crippen molar-refractivity contribution in [3.8, 4) is 5.69 Å². The van der Waals surface area contributed by atoms with Crippen LogP contribution < -0.4 is 0 Å². The number of aromatic nitrogens is 2. The van der Waals surface area contributed by atoms with Crippen LogP contribution in [0.25, 0.3) is 11.8 Å². The minimum atomic E-state index is -0.436. The van der Waals surface area contributed by atoms with Crippen LogP contribution in [0.2, 0.25) is 0 Å². The molecule has 0 spiro atoms. The fraction of sp³-hybridized carbons (Fsp3) is 0. The van der Waals surface area contributed by atoms with E-state index in [1.165, 1.54) is 24.4 Å². The molecule has 0 saturated heterocycles. The molecule has 0 N–H and O–H groups in total. The number of rotatable bonds is 5. The highest BCUT2D eigenvalue weighted by atomic mass is 16.6. The smallest absolute Gasteiger partial charge is 0.271 e. The molecule has 0 fully saturated rings. The van der Waals surface area contributed by atoms with E-state index >= 15 is 0 Å². The number of ketones is 1. The highest BCUT2D eigenvalue weighted by Gasteiger charge is 2.08. The monoisotopic (exact) mass is 319 g/mol. The van der Waals surface area contributed by atoms with Crippen LogP contribution >= 0.6 is 0 Å². The van der Waals surface area contributed by atoms with Crippen LogP contribution in [0.4, 0.5) is 5.69 Å². The van der Waals surface area contributed by atoms with Gasteiger partial charge >= 0.3 is 0 Å². The highest BCUT2D eigenvalue weighted by Crippen LogP contribution is 2.19. The second-order valence-electron chi connectivity index (χ2n) is 5.02. The molecule has 24 heavy (non-hydrogen) atoms. The summed E-state index contributed by atoms with van der Waals surface area (Å²) in [5.74, 6) is -0.158. The summed E-state index contributed by atoms with van der Waals surface area (Å²) in [4.78, 5) is 26.5. The Morgan fingerprint density at radius 3 is 2.79 bits per heavy atom. The average Bonchev–Trinajstić information content (AvgIpc) is 3.09. The lowest BCUT2D eigenvalue weighted by Gasteiger charge is -2.06. The van der Waals surface area contributed by atoms with Crippen molar-refractivity contribution in [1.29, 1.82) is 0 Å². The first-order chi connectivity index (χ1) is 11.6. The summed E-state index contributed by atoms with van der Waals surface area (Å²) in [7, 11) is 0. The first-order valence-electron chi connectivity index (χ1n) is 7.20. The molecule has 2 heterocycles. The standard InChI is InChI=1S/C18H13N3O3/c22-18(14-4-2-10-19-13-14)9-8-15-7-3-11-20(15)16-5-1-6-17(12-16)21(23)24/h1-13H/b9-8+. The molecular weight excluding hydrogens is 306 g/mol. The van der Waals surface area contributed by atoms with Gasteiger partial charge in [-0.3, -0.25) is 19.9 Å². The summed E-state index contributed by atoms with van der Waals surface area (Å²) >= 11 is 0. The third kappa shape index (κ3) is 3.27. The molecule has 0 amide bonds. The molecule has 6 nitrogen and oxygen atoms in total. The molecule has 118 valence electrons. The van der Waals surface area contributed by atoms with Crippen molar-refractivity contribution in [2.45, 2.75) is 0 Å². The van der Waals surface area contributed by atoms with Crippen LogP contribution in [-0.4, -0.2) is 20.3 Å². The van der Waals surface area contributed by atoms with Gasteiger partial charge in [-0.1, -0.05) is 6.07 Å². The third-order valence-electron chi connectivity index (χ3n) is 3.45. The van der Waals surface area contributed by atoms with E-state index in [2.05, 4.69) is 4.98 Å². The van der Waals surface area contributed by atoms with Crippen LogP contribution in [0.3, 0.4) is 0 Å². The third-order valence-corrected chi connectivity index (χ3v) is 3.45. The number of carbonyl (C=O) groups excluding carboxylic acids is 1. The Morgan fingerprint density at radius 2 is 2.04 bits per heavy atom. The van der Waals surface area contributed by atoms with E-state index in [-0.39, 0.29) is 11.5 Å². The predicted octanol–water partition coefficient (Wildman–Crippen LogP) is 3.68. The van der Waals surface area contributed by atoms with E-state index in [0.29, 0.717) is 11.3 Å². The Labute approximate surface area is 137 Å². The molecule has 3 rings (SSSR count). The fourth-order valence-corrected chi connectivity index (χ4v) is 2.29. The molecule has 0 atom stereocenters. The van der Waals surface area contributed by atoms with E-state index < -0.39 is 4.92 Å². The SMILES string of the molecule is O=C(/C=C/c1cccn1-c1cccc([N+](=O)[O-])c1)c1cccnc1. The summed E-state index contributed by atoms with van der Waals surface area (Å²) in [6.07, 6.45) is 8.03.